The van der Waals surface area contributed by atoms with Gasteiger partial charge in [0.1, 0.15) is 11.6 Å². The van der Waals surface area contributed by atoms with Crippen LogP contribution >= 0.6 is 0 Å². The van der Waals surface area contributed by atoms with Crippen LogP contribution in [0.3, 0.4) is 0 Å². The van der Waals surface area contributed by atoms with Crippen LogP contribution < -0.4 is 0 Å². The number of ether oxygens (including phenoxy) is 1. The highest BCUT2D eigenvalue weighted by Crippen LogP contribution is 2.32. The molecule has 0 spiro atoms. The molecule has 0 aliphatic carbocycles. The molecule has 1 heterocycles. The quantitative estimate of drug-likeness (QED) is 0.251. The second-order valence-electron chi connectivity index (χ2n) is 7.44. The Kier molecular flexibility index (Phi) is 6.49. The van der Waals surface area contributed by atoms with Gasteiger partial charge in [-0.3, -0.25) is 0 Å². The van der Waals surface area contributed by atoms with E-state index in [0.717, 1.165) is 12.1 Å². The Hall–Kier alpha value is -3.92. The summed E-state index contributed by atoms with van der Waals surface area (Å²) in [6.07, 6.45) is 1.50. The van der Waals surface area contributed by atoms with Crippen LogP contribution in [0.1, 0.15) is 28.7 Å². The molecular weight excluding hydrogens is 481 g/mol. The van der Waals surface area contributed by atoms with E-state index < -0.39 is 26.2 Å². The maximum absolute atomic E-state index is 13.0. The molecule has 0 bridgehead atoms. The average molecular weight is 500 g/mol. The van der Waals surface area contributed by atoms with Gasteiger partial charge in [-0.25, -0.2) is 18.2 Å². The Bertz CT molecular complexity index is 1510. The second-order valence-corrected chi connectivity index (χ2v) is 9.39. The third kappa shape index (κ3) is 4.83. The Morgan fingerprint density at radius 1 is 0.971 bits per heavy atom. The van der Waals surface area contributed by atoms with E-state index in [1.807, 2.05) is 0 Å². The van der Waals surface area contributed by atoms with Gasteiger partial charge >= 0.3 is 11.5 Å². The van der Waals surface area contributed by atoms with Gasteiger partial charge in [0, 0.05) is 18.2 Å². The number of esters is 1. The van der Waals surface area contributed by atoms with Crippen LogP contribution in [-0.2, 0) is 21.1 Å². The highest BCUT2D eigenvalue weighted by atomic mass is 32.2. The lowest BCUT2D eigenvalue weighted by Crippen LogP contribution is -2.23. The first-order valence-corrected chi connectivity index (χ1v) is 12.0. The van der Waals surface area contributed by atoms with E-state index in [1.54, 1.807) is 72.2 Å². The number of hydrogen-bond donors (Lipinski definition) is 0. The van der Waals surface area contributed by atoms with Gasteiger partial charge in [-0.2, -0.15) is 13.2 Å². The molecule has 0 N–H and O–H groups in total. The summed E-state index contributed by atoms with van der Waals surface area (Å²) in [5.41, 5.74) is -4.03. The highest BCUT2D eigenvalue weighted by Gasteiger charge is 2.47. The lowest BCUT2D eigenvalue weighted by Gasteiger charge is -2.10. The Morgan fingerprint density at radius 2 is 1.57 bits per heavy atom. The van der Waals surface area contributed by atoms with E-state index in [2.05, 4.69) is 4.98 Å². The molecule has 35 heavy (non-hydrogen) atoms. The number of carbonyl (C=O) groups excluding carboxylic acids is 1. The fourth-order valence-electron chi connectivity index (χ4n) is 3.50. The summed E-state index contributed by atoms with van der Waals surface area (Å²) in [5, 5.41) is 0. The molecule has 6 nitrogen and oxygen atoms in total. The lowest BCUT2D eigenvalue weighted by atomic mass is 10.1. The van der Waals surface area contributed by atoms with Crippen LogP contribution in [0.4, 0.5) is 13.2 Å². The van der Waals surface area contributed by atoms with Crippen molar-refractivity contribution in [3.8, 4) is 0 Å². The molecule has 0 aliphatic heterocycles. The number of imidazole rings is 1. The van der Waals surface area contributed by atoms with Gasteiger partial charge in [0.25, 0.3) is 9.84 Å². The molecule has 10 heteroatoms. The fraction of sp³-hybridized carbons (Fsp3) is 0.120. The van der Waals surface area contributed by atoms with Crippen LogP contribution in [0.5, 0.6) is 0 Å². The molecule has 1 aromatic heterocycles. The molecule has 3 aromatic carbocycles. The van der Waals surface area contributed by atoms with Crippen molar-refractivity contribution in [3.63, 3.8) is 0 Å². The number of halogens is 3. The Labute approximate surface area is 199 Å². The van der Waals surface area contributed by atoms with Crippen molar-refractivity contribution in [1.82, 2.24) is 9.55 Å². The maximum Gasteiger partial charge on any atom is 0.501 e. The third-order valence-corrected chi connectivity index (χ3v) is 6.70. The lowest BCUT2D eigenvalue weighted by molar-refractivity contribution is -0.0436. The molecule has 0 saturated heterocycles. The molecule has 0 atom stereocenters. The minimum Gasteiger partial charge on any atom is -0.422 e. The van der Waals surface area contributed by atoms with Gasteiger partial charge in [-0.05, 0) is 37.3 Å². The number of aryl methyl sites for hydroxylation is 1. The smallest absolute Gasteiger partial charge is 0.422 e. The summed E-state index contributed by atoms with van der Waals surface area (Å²) in [6, 6.07) is 20.2. The van der Waals surface area contributed by atoms with Crippen molar-refractivity contribution < 1.29 is 31.1 Å². The van der Waals surface area contributed by atoms with Gasteiger partial charge in [0.2, 0.25) is 0 Å². The number of aromatic nitrogens is 2. The number of benzene rings is 3. The molecule has 4 rings (SSSR count). The molecule has 0 saturated carbocycles. The molecule has 180 valence electrons. The van der Waals surface area contributed by atoms with Crippen LogP contribution in [0.15, 0.2) is 83.8 Å². The summed E-state index contributed by atoms with van der Waals surface area (Å²) in [7, 11) is -5.52. The molecule has 0 radical (unpaired) electrons. The standard InChI is InChI=1S/C25H19F3N2O4S/c1-2-30-21-14-13-19(35(32,33)25(26,27)28)15-20(21)29-23(30)16-22(17-9-5-3-6-10-17)34-24(31)18-11-7-4-8-12-18/h3-16H,2H2,1H3/b22-16+. The zero-order chi connectivity index (χ0) is 25.2. The molecule has 0 unspecified atom stereocenters. The second kappa shape index (κ2) is 9.38. The number of hydrogen-bond acceptors (Lipinski definition) is 5. The minimum atomic E-state index is -5.52. The minimum absolute atomic E-state index is 0.0604. The van der Waals surface area contributed by atoms with Crippen molar-refractivity contribution in [2.45, 2.75) is 23.9 Å². The third-order valence-electron chi connectivity index (χ3n) is 5.21. The highest BCUT2D eigenvalue weighted by molar-refractivity contribution is 7.92. The molecule has 0 fully saturated rings. The number of fused-ring (bicyclic) bond motifs is 1. The van der Waals surface area contributed by atoms with Gasteiger partial charge in [-0.1, -0.05) is 48.5 Å². The summed E-state index contributed by atoms with van der Waals surface area (Å²) in [4.78, 5) is 16.2. The number of nitrogens with zero attached hydrogens (tertiary/aromatic N) is 2. The van der Waals surface area contributed by atoms with E-state index in [4.69, 9.17) is 4.74 Å². The fourth-order valence-corrected chi connectivity index (χ4v) is 4.28. The predicted octanol–water partition coefficient (Wildman–Crippen LogP) is 5.70. The maximum atomic E-state index is 13.0. The SMILES string of the molecule is CCn1c(/C=C(/OC(=O)c2ccccc2)c2ccccc2)nc2cc(S(=O)(=O)C(F)(F)F)ccc21. The van der Waals surface area contributed by atoms with E-state index in [0.29, 0.717) is 23.2 Å². The summed E-state index contributed by atoms with van der Waals surface area (Å²) >= 11 is 0. The average Bonchev–Trinajstić information content (AvgIpc) is 3.20. The summed E-state index contributed by atoms with van der Waals surface area (Å²) in [6.45, 7) is 2.18. The molecular formula is C25H19F3N2O4S. The topological polar surface area (TPSA) is 78.3 Å². The zero-order valence-corrected chi connectivity index (χ0v) is 19.2. The van der Waals surface area contributed by atoms with Crippen LogP contribution in [0, 0.1) is 0 Å². The Balaban J connectivity index is 1.83. The van der Waals surface area contributed by atoms with Crippen LogP contribution in [0.25, 0.3) is 22.9 Å². The van der Waals surface area contributed by atoms with Crippen molar-refractivity contribution >= 4 is 38.7 Å². The van der Waals surface area contributed by atoms with Gasteiger partial charge in [0.15, 0.2) is 0 Å². The van der Waals surface area contributed by atoms with E-state index in [9.17, 15) is 26.4 Å². The number of alkyl halides is 3. The first kappa shape index (κ1) is 24.2. The zero-order valence-electron chi connectivity index (χ0n) is 18.4. The van der Waals surface area contributed by atoms with Crippen LogP contribution in [-0.4, -0.2) is 29.4 Å². The first-order chi connectivity index (χ1) is 16.6. The van der Waals surface area contributed by atoms with E-state index >= 15 is 0 Å². The van der Waals surface area contributed by atoms with E-state index in [1.165, 1.54) is 12.1 Å². The number of carbonyl (C=O) groups is 1. The number of rotatable bonds is 6. The predicted molar refractivity (Wildman–Crippen MR) is 125 cm³/mol. The van der Waals surface area contributed by atoms with Gasteiger partial charge < -0.3 is 9.30 Å². The van der Waals surface area contributed by atoms with Crippen molar-refractivity contribution in [2.24, 2.45) is 0 Å². The largest absolute Gasteiger partial charge is 0.501 e. The van der Waals surface area contributed by atoms with Crippen molar-refractivity contribution in [3.05, 3.63) is 95.8 Å². The van der Waals surface area contributed by atoms with Gasteiger partial charge in [0.05, 0.1) is 21.5 Å². The van der Waals surface area contributed by atoms with Crippen LogP contribution in [0.2, 0.25) is 0 Å². The number of sulfone groups is 1. The normalized spacial score (nSPS) is 12.6. The molecule has 0 aliphatic rings. The van der Waals surface area contributed by atoms with Crippen molar-refractivity contribution in [1.29, 1.82) is 0 Å². The van der Waals surface area contributed by atoms with Gasteiger partial charge in [-0.15, -0.1) is 0 Å². The monoisotopic (exact) mass is 500 g/mol. The molecule has 0 amide bonds. The summed E-state index contributed by atoms with van der Waals surface area (Å²) in [5.74, 6) is -0.144. The first-order valence-electron chi connectivity index (χ1n) is 10.5. The summed E-state index contributed by atoms with van der Waals surface area (Å²) < 4.78 is 70.1. The molecule has 4 aromatic rings. The Morgan fingerprint density at radius 3 is 2.14 bits per heavy atom. The van der Waals surface area contributed by atoms with E-state index in [-0.39, 0.29) is 17.1 Å². The van der Waals surface area contributed by atoms with Crippen molar-refractivity contribution in [2.75, 3.05) is 0 Å².